The number of carboxylic acid groups (broad SMARTS) is 1. The molecule has 4 aliphatic carbocycles. The van der Waals surface area contributed by atoms with E-state index in [1.807, 2.05) is 7.05 Å². The van der Waals surface area contributed by atoms with E-state index in [9.17, 15) is 14.7 Å². The largest absolute Gasteiger partial charge is 0.481 e. The maximum atomic E-state index is 13.5. The molecule has 3 saturated carbocycles. The molecule has 11 heteroatoms. The number of nitrogens with zero attached hydrogens (tertiary/aromatic N) is 3. The molecule has 0 spiro atoms. The second-order valence-electron chi connectivity index (χ2n) is 18.9. The first-order valence-electron chi connectivity index (χ1n) is 19.6. The number of fused-ring (bicyclic) bond motifs is 3. The van der Waals surface area contributed by atoms with Crippen LogP contribution in [0.2, 0.25) is 0 Å². The zero-order valence-corrected chi connectivity index (χ0v) is 32.3. The number of amides is 1. The number of nitrogens with two attached hydrogens (primary N) is 1. The summed E-state index contributed by atoms with van der Waals surface area (Å²) in [5.74, 6) is -0.333. The van der Waals surface area contributed by atoms with E-state index in [0.717, 1.165) is 44.9 Å². The molecule has 11 nitrogen and oxygen atoms in total. The minimum absolute atomic E-state index is 0.153. The Bertz CT molecular complexity index is 1550. The zero-order chi connectivity index (χ0) is 36.8. The van der Waals surface area contributed by atoms with Crippen LogP contribution in [0.25, 0.3) is 0 Å². The summed E-state index contributed by atoms with van der Waals surface area (Å²) in [7, 11) is 2.00. The van der Waals surface area contributed by atoms with Gasteiger partial charge in [-0.2, -0.15) is 5.10 Å². The van der Waals surface area contributed by atoms with Crippen molar-refractivity contribution in [2.24, 2.45) is 62.4 Å². The van der Waals surface area contributed by atoms with Gasteiger partial charge in [-0.1, -0.05) is 60.1 Å². The molecular weight excluding hydrogens is 646 g/mol. The zero-order valence-electron chi connectivity index (χ0n) is 32.3. The van der Waals surface area contributed by atoms with E-state index < -0.39 is 23.2 Å². The number of carbonyl (C=O) groups excluding carboxylic acids is 1. The maximum Gasteiger partial charge on any atom is 0.307 e. The van der Waals surface area contributed by atoms with Crippen molar-refractivity contribution in [2.45, 2.75) is 118 Å². The van der Waals surface area contributed by atoms with Crippen LogP contribution in [0.4, 0.5) is 0 Å². The van der Waals surface area contributed by atoms with E-state index in [0.29, 0.717) is 51.3 Å². The summed E-state index contributed by atoms with van der Waals surface area (Å²) < 4.78 is 21.4. The quantitative estimate of drug-likeness (QED) is 0.276. The molecule has 2 bridgehead atoms. The summed E-state index contributed by atoms with van der Waals surface area (Å²) in [6.07, 6.45) is 10.7. The van der Waals surface area contributed by atoms with E-state index in [1.165, 1.54) is 11.9 Å². The van der Waals surface area contributed by atoms with Crippen LogP contribution in [0.1, 0.15) is 116 Å². The highest BCUT2D eigenvalue weighted by Gasteiger charge is 2.72. The number of ether oxygens (including phenoxy) is 3. The summed E-state index contributed by atoms with van der Waals surface area (Å²) in [5, 5.41) is 19.3. The van der Waals surface area contributed by atoms with E-state index in [-0.39, 0.29) is 57.0 Å². The van der Waals surface area contributed by atoms with Crippen LogP contribution in [0.5, 0.6) is 0 Å². The minimum atomic E-state index is -0.651. The molecular formula is C40H63N5O6. The standard InChI is InChI=1S/C40H63N5O6/c1-24(2)25(3)35(4)13-14-37(6)26-9-10-29-36(5)20-50-22-40(29,27(26)11-12-38(37,7)30(35)34(47)48)19-28(45-33(32(41)46)43-23-44-45)31(36)51-21-39(42-8)15-17-49-18-16-39/h11,23-26,28-31,42H,9-10,12-22H2,1-8H3,(H2,41,46)(H,47,48)/t25-,26+,28-,29+,30-,31+,35-,36+,37-,38+,40?/m1/s1. The molecule has 11 atom stereocenters. The van der Waals surface area contributed by atoms with Crippen molar-refractivity contribution in [3.05, 3.63) is 23.8 Å². The van der Waals surface area contributed by atoms with Gasteiger partial charge < -0.3 is 30.4 Å². The molecule has 0 radical (unpaired) electrons. The molecule has 2 saturated heterocycles. The van der Waals surface area contributed by atoms with Gasteiger partial charge in [0.25, 0.3) is 5.91 Å². The summed E-state index contributed by atoms with van der Waals surface area (Å²) in [6.45, 7) is 19.1. The van der Waals surface area contributed by atoms with Gasteiger partial charge in [-0.05, 0) is 98.3 Å². The molecule has 1 unspecified atom stereocenters. The second-order valence-corrected chi connectivity index (χ2v) is 18.9. The highest BCUT2D eigenvalue weighted by Crippen LogP contribution is 2.75. The number of carbonyl (C=O) groups is 2. The number of aromatic nitrogens is 3. The Morgan fingerprint density at radius 1 is 1.06 bits per heavy atom. The Morgan fingerprint density at radius 3 is 2.43 bits per heavy atom. The summed E-state index contributed by atoms with van der Waals surface area (Å²) in [4.78, 5) is 30.6. The fourth-order valence-electron chi connectivity index (χ4n) is 13.3. The van der Waals surface area contributed by atoms with Crippen molar-refractivity contribution in [3.8, 4) is 0 Å². The van der Waals surface area contributed by atoms with Gasteiger partial charge in [-0.3, -0.25) is 9.59 Å². The highest BCUT2D eigenvalue weighted by atomic mass is 16.5. The third-order valence-corrected chi connectivity index (χ3v) is 16.7. The van der Waals surface area contributed by atoms with Crippen LogP contribution < -0.4 is 11.1 Å². The monoisotopic (exact) mass is 709 g/mol. The topological polar surface area (TPSA) is 151 Å². The fraction of sp³-hybridized carbons (Fsp3) is 0.850. The second kappa shape index (κ2) is 12.6. The summed E-state index contributed by atoms with van der Waals surface area (Å²) in [5.41, 5.74) is 5.58. The predicted octanol–water partition coefficient (Wildman–Crippen LogP) is 5.66. The summed E-state index contributed by atoms with van der Waals surface area (Å²) in [6, 6.07) is -0.289. The Labute approximate surface area is 304 Å². The number of likely N-dealkylation sites (N-methyl/N-ethyl adjacent to an activating group) is 1. The SMILES string of the molecule is CNC1(CO[C@H]2[C@H](n3ncnc3C(N)=O)CC34COC[C@@]2(C)[C@@H]3CC[C@H]2C4=CC[C@@]3(C)[C@H](C(=O)O)[C@@](C)([C@H](C)C(C)C)CC[C@]23C)CCOCC1. The molecule has 0 aromatic carbocycles. The van der Waals surface area contributed by atoms with Gasteiger partial charge in [0.2, 0.25) is 5.82 Å². The van der Waals surface area contributed by atoms with Gasteiger partial charge >= 0.3 is 5.97 Å². The minimum Gasteiger partial charge on any atom is -0.481 e. The van der Waals surface area contributed by atoms with Crippen molar-refractivity contribution in [1.82, 2.24) is 20.1 Å². The molecule has 2 aliphatic heterocycles. The van der Waals surface area contributed by atoms with Crippen molar-refractivity contribution >= 4 is 11.9 Å². The van der Waals surface area contributed by atoms with Crippen molar-refractivity contribution in [2.75, 3.05) is 40.1 Å². The molecule has 7 rings (SSSR count). The van der Waals surface area contributed by atoms with Crippen molar-refractivity contribution in [3.63, 3.8) is 0 Å². The smallest absolute Gasteiger partial charge is 0.307 e. The normalized spacial score (nSPS) is 43.7. The number of hydrogen-bond donors (Lipinski definition) is 3. The Hall–Kier alpha value is -2.34. The number of aliphatic carboxylic acids is 1. The number of primary amides is 1. The molecule has 284 valence electrons. The molecule has 5 fully saturated rings. The van der Waals surface area contributed by atoms with Gasteiger partial charge in [-0.25, -0.2) is 9.67 Å². The lowest BCUT2D eigenvalue weighted by Crippen LogP contribution is -2.69. The molecule has 3 heterocycles. The van der Waals surface area contributed by atoms with Crippen LogP contribution in [0, 0.1) is 56.7 Å². The number of carboxylic acids is 1. The predicted molar refractivity (Wildman–Crippen MR) is 193 cm³/mol. The molecule has 1 aromatic rings. The van der Waals surface area contributed by atoms with Crippen LogP contribution >= 0.6 is 0 Å². The van der Waals surface area contributed by atoms with Crippen LogP contribution in [-0.4, -0.2) is 83.5 Å². The first kappa shape index (κ1) is 37.0. The lowest BCUT2D eigenvalue weighted by molar-refractivity contribution is -0.253. The Balaban J connectivity index is 1.32. The average Bonchev–Trinajstić information content (AvgIpc) is 3.58. The van der Waals surface area contributed by atoms with Gasteiger partial charge in [0, 0.05) is 29.6 Å². The van der Waals surface area contributed by atoms with Crippen LogP contribution in [0.15, 0.2) is 18.0 Å². The first-order valence-corrected chi connectivity index (χ1v) is 19.6. The van der Waals surface area contributed by atoms with Gasteiger partial charge in [0.1, 0.15) is 6.33 Å². The Kier molecular flexibility index (Phi) is 9.16. The maximum absolute atomic E-state index is 13.5. The lowest BCUT2D eigenvalue weighted by atomic mass is 9.34. The molecule has 1 aromatic heterocycles. The molecule has 4 N–H and O–H groups in total. The molecule has 51 heavy (non-hydrogen) atoms. The number of nitrogens with one attached hydrogen (secondary N) is 1. The van der Waals surface area contributed by atoms with E-state index >= 15 is 0 Å². The van der Waals surface area contributed by atoms with Crippen molar-refractivity contribution in [1.29, 1.82) is 0 Å². The number of rotatable bonds is 9. The average molecular weight is 710 g/mol. The fourth-order valence-corrected chi connectivity index (χ4v) is 13.3. The van der Waals surface area contributed by atoms with Crippen molar-refractivity contribution < 1.29 is 28.9 Å². The van der Waals surface area contributed by atoms with Gasteiger partial charge in [-0.15, -0.1) is 0 Å². The van der Waals surface area contributed by atoms with Gasteiger partial charge in [0.15, 0.2) is 0 Å². The van der Waals surface area contributed by atoms with Crippen LogP contribution in [0.3, 0.4) is 0 Å². The van der Waals surface area contributed by atoms with Gasteiger partial charge in [0.05, 0.1) is 37.9 Å². The molecule has 1 amide bonds. The van der Waals surface area contributed by atoms with Crippen LogP contribution in [-0.2, 0) is 19.0 Å². The Morgan fingerprint density at radius 2 is 1.78 bits per heavy atom. The number of allylic oxidation sites excluding steroid dienone is 1. The lowest BCUT2D eigenvalue weighted by Gasteiger charge is -2.71. The van der Waals surface area contributed by atoms with E-state index in [4.69, 9.17) is 19.9 Å². The van der Waals surface area contributed by atoms with E-state index in [2.05, 4.69) is 69.9 Å². The highest BCUT2D eigenvalue weighted by molar-refractivity contribution is 5.89. The number of hydrogen-bond acceptors (Lipinski definition) is 8. The van der Waals surface area contributed by atoms with E-state index in [1.54, 1.807) is 4.68 Å². The molecule has 6 aliphatic rings. The third kappa shape index (κ3) is 5.17. The third-order valence-electron chi connectivity index (χ3n) is 16.7. The summed E-state index contributed by atoms with van der Waals surface area (Å²) >= 11 is 0. The first-order chi connectivity index (χ1) is 24.0.